The first-order chi connectivity index (χ1) is 17.3. The third kappa shape index (κ3) is 6.29. The van der Waals surface area contributed by atoms with E-state index in [4.69, 9.17) is 13.7 Å². The molecular formula is C27H24O6S3. The highest BCUT2D eigenvalue weighted by Crippen LogP contribution is 2.48. The molecule has 1 N–H and O–H groups in total. The third-order valence-corrected chi connectivity index (χ3v) is 7.60. The summed E-state index contributed by atoms with van der Waals surface area (Å²) in [7, 11) is -0.787. The number of methoxy groups -OCH3 is 2. The molecule has 0 saturated carbocycles. The van der Waals surface area contributed by atoms with Gasteiger partial charge >= 0.3 is 10.1 Å². The third-order valence-electron chi connectivity index (χ3n) is 5.02. The molecule has 0 saturated heterocycles. The minimum absolute atomic E-state index is 0.0573. The van der Waals surface area contributed by atoms with Gasteiger partial charge < -0.3 is 18.8 Å². The lowest BCUT2D eigenvalue weighted by Gasteiger charge is -2.18. The van der Waals surface area contributed by atoms with Crippen LogP contribution in [0.15, 0.2) is 105 Å². The zero-order valence-corrected chi connectivity index (χ0v) is 22.2. The van der Waals surface area contributed by atoms with E-state index in [2.05, 4.69) is 0 Å². The van der Waals surface area contributed by atoms with Crippen LogP contribution in [0.25, 0.3) is 11.1 Å². The smallest absolute Gasteiger partial charge is 0.306 e. The molecule has 0 aliphatic rings. The average molecular weight is 541 g/mol. The van der Waals surface area contributed by atoms with E-state index in [9.17, 15) is 13.5 Å². The van der Waals surface area contributed by atoms with E-state index < -0.39 is 10.1 Å². The van der Waals surface area contributed by atoms with Crippen LogP contribution in [0.5, 0.6) is 23.0 Å². The van der Waals surface area contributed by atoms with E-state index in [-0.39, 0.29) is 11.5 Å². The lowest BCUT2D eigenvalue weighted by molar-refractivity contribution is 0.401. The molecule has 4 aromatic rings. The number of aromatic hydroxyl groups is 1. The summed E-state index contributed by atoms with van der Waals surface area (Å²) in [5.74, 6) is 1.03. The number of rotatable bonds is 9. The topological polar surface area (TPSA) is 82.1 Å². The second-order valence-electron chi connectivity index (χ2n) is 7.64. The van der Waals surface area contributed by atoms with E-state index >= 15 is 0 Å². The Labute approximate surface area is 219 Å². The quantitative estimate of drug-likeness (QED) is 0.234. The van der Waals surface area contributed by atoms with Crippen molar-refractivity contribution in [1.29, 1.82) is 0 Å². The van der Waals surface area contributed by atoms with E-state index in [1.54, 1.807) is 31.4 Å². The minimum Gasteiger partial charge on any atom is -0.507 e. The monoisotopic (exact) mass is 540 g/mol. The van der Waals surface area contributed by atoms with Crippen LogP contribution in [0.2, 0.25) is 0 Å². The van der Waals surface area contributed by atoms with Crippen LogP contribution >= 0.6 is 23.5 Å². The molecule has 4 aromatic carbocycles. The molecule has 0 spiro atoms. The Morgan fingerprint density at radius 1 is 0.667 bits per heavy atom. The van der Waals surface area contributed by atoms with Crippen molar-refractivity contribution in [2.75, 3.05) is 20.5 Å². The van der Waals surface area contributed by atoms with E-state index in [0.717, 1.165) is 16.0 Å². The Bertz CT molecular complexity index is 1460. The van der Waals surface area contributed by atoms with Gasteiger partial charge in [0, 0.05) is 27.0 Å². The Hall–Kier alpha value is -3.27. The van der Waals surface area contributed by atoms with Gasteiger partial charge in [0.1, 0.15) is 17.2 Å². The fraction of sp³-hybridized carbons (Fsp3) is 0.111. The van der Waals surface area contributed by atoms with Crippen molar-refractivity contribution in [2.24, 2.45) is 0 Å². The van der Waals surface area contributed by atoms with Gasteiger partial charge in [-0.1, -0.05) is 59.9 Å². The second kappa shape index (κ2) is 11.2. The summed E-state index contributed by atoms with van der Waals surface area (Å²) in [6.07, 6.45) is 0.977. The summed E-state index contributed by atoms with van der Waals surface area (Å²) in [4.78, 5) is 3.29. The number of ether oxygens (including phenoxy) is 2. The number of hydrogen-bond donors (Lipinski definition) is 1. The minimum atomic E-state index is -3.86. The maximum Gasteiger partial charge on any atom is 0.306 e. The number of phenolic OH excluding ortho intramolecular Hbond substituents is 1. The van der Waals surface area contributed by atoms with Crippen LogP contribution in [-0.4, -0.2) is 34.0 Å². The molecule has 0 aromatic heterocycles. The van der Waals surface area contributed by atoms with Gasteiger partial charge in [-0.2, -0.15) is 8.42 Å². The molecule has 0 radical (unpaired) electrons. The van der Waals surface area contributed by atoms with Gasteiger partial charge in [0.15, 0.2) is 5.75 Å². The number of phenols is 1. The predicted octanol–water partition coefficient (Wildman–Crippen LogP) is 6.72. The van der Waals surface area contributed by atoms with E-state index in [1.165, 1.54) is 30.6 Å². The first-order valence-electron chi connectivity index (χ1n) is 10.8. The first kappa shape index (κ1) is 25.8. The van der Waals surface area contributed by atoms with E-state index in [0.29, 0.717) is 32.4 Å². The fourth-order valence-electron chi connectivity index (χ4n) is 3.46. The Kier molecular flexibility index (Phi) is 8.03. The Morgan fingerprint density at radius 2 is 1.14 bits per heavy atom. The van der Waals surface area contributed by atoms with Gasteiger partial charge in [-0.15, -0.1) is 0 Å². The summed E-state index contributed by atoms with van der Waals surface area (Å²) in [6.45, 7) is 0. The molecule has 36 heavy (non-hydrogen) atoms. The van der Waals surface area contributed by atoms with Crippen molar-refractivity contribution in [3.05, 3.63) is 84.9 Å². The van der Waals surface area contributed by atoms with Crippen LogP contribution < -0.4 is 13.7 Å². The van der Waals surface area contributed by atoms with Crippen molar-refractivity contribution >= 4 is 33.6 Å². The second-order valence-corrected chi connectivity index (χ2v) is 11.4. The molecule has 0 aliphatic heterocycles. The molecule has 4 rings (SSSR count). The van der Waals surface area contributed by atoms with Crippen LogP contribution in [0.3, 0.4) is 0 Å². The molecule has 0 amide bonds. The van der Waals surface area contributed by atoms with Crippen molar-refractivity contribution in [3.63, 3.8) is 0 Å². The van der Waals surface area contributed by atoms with Gasteiger partial charge in [0.05, 0.1) is 30.3 Å². The van der Waals surface area contributed by atoms with Crippen LogP contribution in [0, 0.1) is 0 Å². The Balaban J connectivity index is 1.83. The summed E-state index contributed by atoms with van der Waals surface area (Å²) in [5, 5.41) is 11.0. The molecule has 0 aliphatic carbocycles. The molecule has 6 nitrogen and oxygen atoms in total. The lowest BCUT2D eigenvalue weighted by atomic mass is 10.0. The highest BCUT2D eigenvalue weighted by molar-refractivity contribution is 7.99. The summed E-state index contributed by atoms with van der Waals surface area (Å²) < 4.78 is 40.8. The number of benzene rings is 4. The largest absolute Gasteiger partial charge is 0.507 e. The van der Waals surface area contributed by atoms with Gasteiger partial charge in [-0.05, 0) is 42.5 Å². The molecule has 0 bridgehead atoms. The van der Waals surface area contributed by atoms with Crippen LogP contribution in [0.4, 0.5) is 0 Å². The Morgan fingerprint density at radius 3 is 1.61 bits per heavy atom. The molecular weight excluding hydrogens is 516 g/mol. The highest BCUT2D eigenvalue weighted by atomic mass is 32.2. The van der Waals surface area contributed by atoms with Crippen molar-refractivity contribution in [2.45, 2.75) is 19.6 Å². The van der Waals surface area contributed by atoms with Gasteiger partial charge in [0.25, 0.3) is 0 Å². The van der Waals surface area contributed by atoms with Gasteiger partial charge in [0.2, 0.25) is 0 Å². The first-order valence-corrected chi connectivity index (χ1v) is 14.2. The zero-order chi connectivity index (χ0) is 25.7. The van der Waals surface area contributed by atoms with Crippen LogP contribution in [0.1, 0.15) is 0 Å². The van der Waals surface area contributed by atoms with E-state index in [1.807, 2.05) is 60.7 Å². The maximum absolute atomic E-state index is 12.1. The summed E-state index contributed by atoms with van der Waals surface area (Å²) in [5.41, 5.74) is 0.694. The maximum atomic E-state index is 12.1. The normalized spacial score (nSPS) is 11.2. The number of hydrogen-bond acceptors (Lipinski definition) is 8. The molecule has 0 unspecified atom stereocenters. The van der Waals surface area contributed by atoms with Gasteiger partial charge in [-0.3, -0.25) is 0 Å². The van der Waals surface area contributed by atoms with Gasteiger partial charge in [-0.25, -0.2) is 0 Å². The van der Waals surface area contributed by atoms with Crippen molar-refractivity contribution in [1.82, 2.24) is 0 Å². The summed E-state index contributed by atoms with van der Waals surface area (Å²) >= 11 is 2.85. The van der Waals surface area contributed by atoms with Crippen molar-refractivity contribution < 1.29 is 27.2 Å². The molecule has 9 heteroatoms. The molecule has 0 atom stereocenters. The standard InChI is InChI=1S/C27H24O6S3/c1-31-24-14-20(22(28)16-26(24)34-18-10-6-4-7-11-18)21-15-25(32-2)27(17-23(21)33-36(3,29)30)35-19-12-8-5-9-13-19/h4-17,28H,1-3H3. The molecule has 0 fully saturated rings. The molecule has 0 heterocycles. The summed E-state index contributed by atoms with van der Waals surface area (Å²) in [6, 6.07) is 25.8. The van der Waals surface area contributed by atoms with Crippen LogP contribution in [-0.2, 0) is 10.1 Å². The fourth-order valence-corrected chi connectivity index (χ4v) is 5.84. The SMILES string of the molecule is COc1cc(-c2cc(OC)c(Sc3ccccc3)cc2OS(C)(=O)=O)c(O)cc1Sc1ccccc1. The lowest BCUT2D eigenvalue weighted by Crippen LogP contribution is -2.07. The van der Waals surface area contributed by atoms with Crippen molar-refractivity contribution in [3.8, 4) is 34.1 Å². The zero-order valence-electron chi connectivity index (χ0n) is 19.8. The molecule has 186 valence electrons. The average Bonchev–Trinajstić information content (AvgIpc) is 2.85. The highest BCUT2D eigenvalue weighted by Gasteiger charge is 2.22. The predicted molar refractivity (Wildman–Crippen MR) is 143 cm³/mol.